The highest BCUT2D eigenvalue weighted by Gasteiger charge is 2.07. The summed E-state index contributed by atoms with van der Waals surface area (Å²) in [5.41, 5.74) is 4.87. The van der Waals surface area contributed by atoms with Crippen LogP contribution in [0.4, 0.5) is 11.4 Å². The Labute approximate surface area is 171 Å². The summed E-state index contributed by atoms with van der Waals surface area (Å²) >= 11 is 0. The van der Waals surface area contributed by atoms with Crippen molar-refractivity contribution in [3.8, 4) is 11.5 Å². The van der Waals surface area contributed by atoms with Gasteiger partial charge >= 0.3 is 0 Å². The van der Waals surface area contributed by atoms with Gasteiger partial charge in [-0.3, -0.25) is 4.79 Å². The first-order valence-electron chi connectivity index (χ1n) is 9.47. The number of hydrogen-bond acceptors (Lipinski definition) is 4. The zero-order chi connectivity index (χ0) is 20.6. The van der Waals surface area contributed by atoms with E-state index in [2.05, 4.69) is 10.6 Å². The van der Waals surface area contributed by atoms with Crippen molar-refractivity contribution < 1.29 is 14.3 Å². The normalized spacial score (nSPS) is 10.3. The molecule has 0 fully saturated rings. The molecule has 0 radical (unpaired) electrons. The maximum Gasteiger partial charge on any atom is 0.228 e. The Hall–Kier alpha value is -3.47. The molecule has 0 saturated carbocycles. The lowest BCUT2D eigenvalue weighted by Crippen LogP contribution is -2.14. The van der Waals surface area contributed by atoms with Crippen molar-refractivity contribution in [3.05, 3.63) is 83.4 Å². The predicted octanol–water partition coefficient (Wildman–Crippen LogP) is 4.81. The number of carbonyl (C=O) groups is 1. The van der Waals surface area contributed by atoms with Gasteiger partial charge in [-0.15, -0.1) is 0 Å². The van der Waals surface area contributed by atoms with E-state index in [1.54, 1.807) is 14.2 Å². The fraction of sp³-hybridized carbons (Fsp3) is 0.208. The Balaban J connectivity index is 1.57. The molecule has 5 nitrogen and oxygen atoms in total. The number of nitrogens with one attached hydrogen (secondary N) is 2. The lowest BCUT2D eigenvalue weighted by Gasteiger charge is -2.12. The molecule has 29 heavy (non-hydrogen) atoms. The van der Waals surface area contributed by atoms with Crippen molar-refractivity contribution in [2.75, 3.05) is 24.9 Å². The van der Waals surface area contributed by atoms with E-state index in [9.17, 15) is 4.79 Å². The second kappa shape index (κ2) is 9.64. The Morgan fingerprint density at radius 3 is 2.38 bits per heavy atom. The van der Waals surface area contributed by atoms with Gasteiger partial charge in [0.15, 0.2) is 0 Å². The first kappa shape index (κ1) is 20.3. The predicted molar refractivity (Wildman–Crippen MR) is 117 cm³/mol. The van der Waals surface area contributed by atoms with Crippen LogP contribution in [0.3, 0.4) is 0 Å². The molecular formula is C24H26N2O3. The fourth-order valence-electron chi connectivity index (χ4n) is 3.07. The maximum atomic E-state index is 12.3. The van der Waals surface area contributed by atoms with Crippen LogP contribution in [0.25, 0.3) is 0 Å². The second-order valence-corrected chi connectivity index (χ2v) is 6.82. The fourth-order valence-corrected chi connectivity index (χ4v) is 3.07. The van der Waals surface area contributed by atoms with Crippen LogP contribution < -0.4 is 20.1 Å². The second-order valence-electron chi connectivity index (χ2n) is 6.82. The van der Waals surface area contributed by atoms with Gasteiger partial charge in [0.1, 0.15) is 11.5 Å². The van der Waals surface area contributed by atoms with Crippen LogP contribution in [0.15, 0.2) is 66.7 Å². The minimum Gasteiger partial charge on any atom is -0.497 e. The van der Waals surface area contributed by atoms with Gasteiger partial charge in [-0.25, -0.2) is 0 Å². The van der Waals surface area contributed by atoms with Gasteiger partial charge in [0.05, 0.1) is 20.6 Å². The summed E-state index contributed by atoms with van der Waals surface area (Å²) in [6.07, 6.45) is 0.331. The number of amides is 1. The van der Waals surface area contributed by atoms with Gasteiger partial charge in [-0.05, 0) is 60.5 Å². The highest BCUT2D eigenvalue weighted by molar-refractivity contribution is 5.92. The molecule has 0 aliphatic rings. The van der Waals surface area contributed by atoms with E-state index in [4.69, 9.17) is 9.47 Å². The van der Waals surface area contributed by atoms with Gasteiger partial charge in [-0.2, -0.15) is 0 Å². The smallest absolute Gasteiger partial charge is 0.228 e. The third kappa shape index (κ3) is 5.75. The summed E-state index contributed by atoms with van der Waals surface area (Å²) in [7, 11) is 3.30. The van der Waals surface area contributed by atoms with Gasteiger partial charge in [0.25, 0.3) is 0 Å². The molecule has 0 bridgehead atoms. The quantitative estimate of drug-likeness (QED) is 0.580. The summed E-state index contributed by atoms with van der Waals surface area (Å²) in [6, 6.07) is 21.4. The third-order valence-corrected chi connectivity index (χ3v) is 4.59. The summed E-state index contributed by atoms with van der Waals surface area (Å²) in [5.74, 6) is 1.57. The molecule has 3 aromatic carbocycles. The lowest BCUT2D eigenvalue weighted by molar-refractivity contribution is -0.115. The lowest BCUT2D eigenvalue weighted by atomic mass is 10.1. The van der Waals surface area contributed by atoms with Gasteiger partial charge in [-0.1, -0.05) is 24.3 Å². The van der Waals surface area contributed by atoms with E-state index in [1.807, 2.05) is 73.7 Å². The first-order chi connectivity index (χ1) is 14.1. The van der Waals surface area contributed by atoms with E-state index in [0.29, 0.717) is 13.0 Å². The van der Waals surface area contributed by atoms with E-state index >= 15 is 0 Å². The van der Waals surface area contributed by atoms with Crippen LogP contribution in [0.2, 0.25) is 0 Å². The highest BCUT2D eigenvalue weighted by Crippen LogP contribution is 2.25. The molecule has 0 heterocycles. The molecule has 0 spiro atoms. The molecule has 5 heteroatoms. The molecule has 150 valence electrons. The summed E-state index contributed by atoms with van der Waals surface area (Å²) < 4.78 is 10.7. The van der Waals surface area contributed by atoms with Gasteiger partial charge < -0.3 is 20.1 Å². The Kier molecular flexibility index (Phi) is 6.74. The number of aryl methyl sites for hydroxylation is 1. The Bertz CT molecular complexity index is 968. The Morgan fingerprint density at radius 2 is 1.69 bits per heavy atom. The van der Waals surface area contributed by atoms with Crippen LogP contribution in [0, 0.1) is 6.92 Å². The van der Waals surface area contributed by atoms with E-state index in [0.717, 1.165) is 39.6 Å². The highest BCUT2D eigenvalue weighted by atomic mass is 16.5. The monoisotopic (exact) mass is 390 g/mol. The van der Waals surface area contributed by atoms with Gasteiger partial charge in [0, 0.05) is 23.5 Å². The number of hydrogen-bond donors (Lipinski definition) is 2. The van der Waals surface area contributed by atoms with Crippen molar-refractivity contribution in [2.45, 2.75) is 19.9 Å². The molecule has 3 aromatic rings. The zero-order valence-corrected chi connectivity index (χ0v) is 17.0. The van der Waals surface area contributed by atoms with Crippen LogP contribution in [0.1, 0.15) is 16.7 Å². The Morgan fingerprint density at radius 1 is 0.897 bits per heavy atom. The molecule has 0 saturated heterocycles. The number of ether oxygens (including phenoxy) is 2. The average Bonchev–Trinajstić information content (AvgIpc) is 2.73. The molecule has 0 aliphatic heterocycles. The number of carbonyl (C=O) groups excluding carboxylic acids is 1. The van der Waals surface area contributed by atoms with Crippen molar-refractivity contribution in [1.82, 2.24) is 0 Å². The SMILES string of the molecule is COc1ccc(OC)c(CNc2ccc(CC(=O)Nc3cccc(C)c3)cc2)c1. The average molecular weight is 390 g/mol. The molecule has 0 unspecified atom stereocenters. The third-order valence-electron chi connectivity index (χ3n) is 4.59. The maximum absolute atomic E-state index is 12.3. The minimum atomic E-state index is -0.0302. The molecule has 0 aromatic heterocycles. The molecule has 0 aliphatic carbocycles. The van der Waals surface area contributed by atoms with E-state index in [-0.39, 0.29) is 5.91 Å². The van der Waals surface area contributed by atoms with Crippen LogP contribution >= 0.6 is 0 Å². The largest absolute Gasteiger partial charge is 0.497 e. The topological polar surface area (TPSA) is 59.6 Å². The van der Waals surface area contributed by atoms with E-state index in [1.165, 1.54) is 0 Å². The van der Waals surface area contributed by atoms with Crippen LogP contribution in [0.5, 0.6) is 11.5 Å². The number of rotatable bonds is 8. The summed E-state index contributed by atoms with van der Waals surface area (Å²) in [6.45, 7) is 2.61. The van der Waals surface area contributed by atoms with Crippen molar-refractivity contribution in [1.29, 1.82) is 0 Å². The number of benzene rings is 3. The standard InChI is InChI=1S/C24H26N2O3/c1-17-5-4-6-21(13-17)26-24(27)14-18-7-9-20(10-8-18)25-16-19-15-22(28-2)11-12-23(19)29-3/h4-13,15,25H,14,16H2,1-3H3,(H,26,27). The van der Waals surface area contributed by atoms with Crippen LogP contribution in [-0.4, -0.2) is 20.1 Å². The molecule has 0 atom stereocenters. The molecule has 3 rings (SSSR count). The molecule has 1 amide bonds. The minimum absolute atomic E-state index is 0.0302. The summed E-state index contributed by atoms with van der Waals surface area (Å²) in [4.78, 5) is 12.3. The summed E-state index contributed by atoms with van der Waals surface area (Å²) in [5, 5.41) is 6.31. The number of anilines is 2. The van der Waals surface area contributed by atoms with Crippen molar-refractivity contribution in [3.63, 3.8) is 0 Å². The molecule has 2 N–H and O–H groups in total. The van der Waals surface area contributed by atoms with Gasteiger partial charge in [0.2, 0.25) is 5.91 Å². The number of methoxy groups -OCH3 is 2. The molecular weight excluding hydrogens is 364 g/mol. The van der Waals surface area contributed by atoms with E-state index < -0.39 is 0 Å². The zero-order valence-electron chi connectivity index (χ0n) is 17.0. The van der Waals surface area contributed by atoms with Crippen LogP contribution in [-0.2, 0) is 17.8 Å². The van der Waals surface area contributed by atoms with Crippen molar-refractivity contribution in [2.24, 2.45) is 0 Å². The van der Waals surface area contributed by atoms with Crippen molar-refractivity contribution >= 4 is 17.3 Å². The first-order valence-corrected chi connectivity index (χ1v) is 9.47.